The first-order valence-corrected chi connectivity index (χ1v) is 7.39. The van der Waals surface area contributed by atoms with Crippen LogP contribution in [-0.4, -0.2) is 23.2 Å². The first-order chi connectivity index (χ1) is 8.84. The second-order valence-corrected chi connectivity index (χ2v) is 5.90. The number of nitrogens with zero attached hydrogens (tertiary/aromatic N) is 2. The molecule has 1 N–H and O–H groups in total. The van der Waals surface area contributed by atoms with E-state index in [0.717, 1.165) is 37.6 Å². The van der Waals surface area contributed by atoms with Crippen LogP contribution in [-0.2, 0) is 5.41 Å². The Bertz CT molecular complexity index is 389. The van der Waals surface area contributed by atoms with Gasteiger partial charge in [-0.1, -0.05) is 31.3 Å². The standard InChI is InChI=1S/C14H23N3O/c1-2-7-14(8-9-15-10-14)13-16-12(17-18-13)11-5-3-4-6-11/h11,15H,2-10H2,1H3. The number of nitrogens with one attached hydrogen (secondary N) is 1. The van der Waals surface area contributed by atoms with Crippen LogP contribution in [0, 0.1) is 0 Å². The summed E-state index contributed by atoms with van der Waals surface area (Å²) in [5.41, 5.74) is 0.110. The summed E-state index contributed by atoms with van der Waals surface area (Å²) < 4.78 is 5.62. The van der Waals surface area contributed by atoms with Gasteiger partial charge in [0.05, 0.1) is 5.41 Å². The lowest BCUT2D eigenvalue weighted by Crippen LogP contribution is -2.29. The third kappa shape index (κ3) is 2.07. The maximum absolute atomic E-state index is 5.62. The molecule has 0 radical (unpaired) electrons. The summed E-state index contributed by atoms with van der Waals surface area (Å²) in [7, 11) is 0. The van der Waals surface area contributed by atoms with Crippen LogP contribution in [0.4, 0.5) is 0 Å². The predicted octanol–water partition coefficient (Wildman–Crippen LogP) is 2.76. The van der Waals surface area contributed by atoms with Crippen LogP contribution >= 0.6 is 0 Å². The van der Waals surface area contributed by atoms with Crippen LogP contribution in [0.15, 0.2) is 4.52 Å². The van der Waals surface area contributed by atoms with Gasteiger partial charge in [-0.15, -0.1) is 0 Å². The quantitative estimate of drug-likeness (QED) is 0.891. The van der Waals surface area contributed by atoms with Crippen molar-refractivity contribution in [2.45, 2.75) is 63.2 Å². The minimum atomic E-state index is 0.110. The lowest BCUT2D eigenvalue weighted by Gasteiger charge is -2.22. The second kappa shape index (κ2) is 5.00. The van der Waals surface area contributed by atoms with E-state index in [2.05, 4.69) is 17.4 Å². The first kappa shape index (κ1) is 12.2. The summed E-state index contributed by atoms with van der Waals surface area (Å²) in [6.07, 6.45) is 8.55. The zero-order chi connectivity index (χ0) is 12.4. The molecule has 2 heterocycles. The first-order valence-electron chi connectivity index (χ1n) is 7.39. The van der Waals surface area contributed by atoms with E-state index in [-0.39, 0.29) is 5.41 Å². The topological polar surface area (TPSA) is 51.0 Å². The van der Waals surface area contributed by atoms with Gasteiger partial charge >= 0.3 is 0 Å². The van der Waals surface area contributed by atoms with Gasteiger partial charge in [-0.05, 0) is 32.2 Å². The van der Waals surface area contributed by atoms with Crippen molar-refractivity contribution in [3.63, 3.8) is 0 Å². The van der Waals surface area contributed by atoms with Gasteiger partial charge in [0.25, 0.3) is 0 Å². The zero-order valence-corrected chi connectivity index (χ0v) is 11.2. The van der Waals surface area contributed by atoms with Gasteiger partial charge in [0, 0.05) is 12.5 Å². The van der Waals surface area contributed by atoms with Crippen molar-refractivity contribution in [2.24, 2.45) is 0 Å². The monoisotopic (exact) mass is 249 g/mol. The van der Waals surface area contributed by atoms with Crippen molar-refractivity contribution in [2.75, 3.05) is 13.1 Å². The van der Waals surface area contributed by atoms with Gasteiger partial charge in [-0.2, -0.15) is 4.98 Å². The molecule has 18 heavy (non-hydrogen) atoms. The SMILES string of the molecule is CCCC1(c2nc(C3CCCC3)no2)CCNC1. The Labute approximate surface area is 109 Å². The summed E-state index contributed by atoms with van der Waals surface area (Å²) in [4.78, 5) is 4.75. The maximum Gasteiger partial charge on any atom is 0.234 e. The van der Waals surface area contributed by atoms with E-state index >= 15 is 0 Å². The largest absolute Gasteiger partial charge is 0.339 e. The Morgan fingerprint density at radius 2 is 2.22 bits per heavy atom. The van der Waals surface area contributed by atoms with Crippen LogP contribution in [0.5, 0.6) is 0 Å². The average Bonchev–Trinajstić information content (AvgIpc) is 3.11. The third-order valence-corrected chi connectivity index (χ3v) is 4.59. The van der Waals surface area contributed by atoms with Gasteiger partial charge < -0.3 is 9.84 Å². The van der Waals surface area contributed by atoms with Gasteiger partial charge in [-0.3, -0.25) is 0 Å². The molecule has 4 heteroatoms. The number of aromatic nitrogens is 2. The number of rotatable bonds is 4. The van der Waals surface area contributed by atoms with Gasteiger partial charge in [0.1, 0.15) is 0 Å². The van der Waals surface area contributed by atoms with Crippen LogP contribution in [0.25, 0.3) is 0 Å². The van der Waals surface area contributed by atoms with Crippen molar-refractivity contribution < 1.29 is 4.52 Å². The molecule has 100 valence electrons. The summed E-state index contributed by atoms with van der Waals surface area (Å²) >= 11 is 0. The molecule has 1 unspecified atom stereocenters. The molecular formula is C14H23N3O. The van der Waals surface area contributed by atoms with Crippen molar-refractivity contribution in [3.8, 4) is 0 Å². The smallest absolute Gasteiger partial charge is 0.234 e. The van der Waals surface area contributed by atoms with E-state index < -0.39 is 0 Å². The molecule has 0 amide bonds. The normalized spacial score (nSPS) is 29.2. The highest BCUT2D eigenvalue weighted by molar-refractivity contribution is 5.11. The number of hydrogen-bond acceptors (Lipinski definition) is 4. The van der Waals surface area contributed by atoms with Crippen molar-refractivity contribution in [1.82, 2.24) is 15.5 Å². The fourth-order valence-electron chi connectivity index (χ4n) is 3.53. The summed E-state index contributed by atoms with van der Waals surface area (Å²) in [6, 6.07) is 0. The highest BCUT2D eigenvalue weighted by Gasteiger charge is 2.40. The molecule has 0 aromatic carbocycles. The van der Waals surface area contributed by atoms with Crippen molar-refractivity contribution >= 4 is 0 Å². The fourth-order valence-corrected chi connectivity index (χ4v) is 3.53. The molecule has 2 fully saturated rings. The van der Waals surface area contributed by atoms with Gasteiger partial charge in [0.2, 0.25) is 5.89 Å². The van der Waals surface area contributed by atoms with E-state index in [1.54, 1.807) is 0 Å². The Morgan fingerprint density at radius 1 is 1.39 bits per heavy atom. The van der Waals surface area contributed by atoms with E-state index in [0.29, 0.717) is 5.92 Å². The van der Waals surface area contributed by atoms with Gasteiger partial charge in [-0.25, -0.2) is 0 Å². The molecule has 4 nitrogen and oxygen atoms in total. The van der Waals surface area contributed by atoms with Gasteiger partial charge in [0.15, 0.2) is 5.82 Å². The van der Waals surface area contributed by atoms with E-state index in [1.807, 2.05) is 0 Å². The Kier molecular flexibility index (Phi) is 3.37. The molecule has 0 spiro atoms. The zero-order valence-electron chi connectivity index (χ0n) is 11.2. The minimum absolute atomic E-state index is 0.110. The summed E-state index contributed by atoms with van der Waals surface area (Å²) in [5, 5.41) is 7.70. The fraction of sp³-hybridized carbons (Fsp3) is 0.857. The Hall–Kier alpha value is -0.900. The number of hydrogen-bond donors (Lipinski definition) is 1. The molecular weight excluding hydrogens is 226 g/mol. The molecule has 1 aliphatic carbocycles. The molecule has 1 saturated heterocycles. The van der Waals surface area contributed by atoms with Crippen molar-refractivity contribution in [3.05, 3.63) is 11.7 Å². The lowest BCUT2D eigenvalue weighted by molar-refractivity contribution is 0.275. The molecule has 1 saturated carbocycles. The highest BCUT2D eigenvalue weighted by Crippen LogP contribution is 2.37. The van der Waals surface area contributed by atoms with Crippen LogP contribution in [0.1, 0.15) is 69.5 Å². The molecule has 1 aliphatic heterocycles. The molecule has 1 aromatic rings. The Balaban J connectivity index is 1.82. The minimum Gasteiger partial charge on any atom is -0.339 e. The molecule has 3 rings (SSSR count). The molecule has 0 bridgehead atoms. The molecule has 2 aliphatic rings. The third-order valence-electron chi connectivity index (χ3n) is 4.59. The predicted molar refractivity (Wildman–Crippen MR) is 69.6 cm³/mol. The summed E-state index contributed by atoms with van der Waals surface area (Å²) in [5.74, 6) is 2.40. The van der Waals surface area contributed by atoms with E-state index in [1.165, 1.54) is 32.1 Å². The lowest BCUT2D eigenvalue weighted by atomic mass is 9.82. The summed E-state index contributed by atoms with van der Waals surface area (Å²) in [6.45, 7) is 4.29. The highest BCUT2D eigenvalue weighted by atomic mass is 16.5. The van der Waals surface area contributed by atoms with Crippen molar-refractivity contribution in [1.29, 1.82) is 0 Å². The second-order valence-electron chi connectivity index (χ2n) is 5.90. The van der Waals surface area contributed by atoms with Crippen LogP contribution in [0.3, 0.4) is 0 Å². The molecule has 1 aromatic heterocycles. The van der Waals surface area contributed by atoms with E-state index in [4.69, 9.17) is 9.51 Å². The van der Waals surface area contributed by atoms with Crippen LogP contribution < -0.4 is 5.32 Å². The van der Waals surface area contributed by atoms with E-state index in [9.17, 15) is 0 Å². The Morgan fingerprint density at radius 3 is 2.89 bits per heavy atom. The molecule has 1 atom stereocenters. The average molecular weight is 249 g/mol. The maximum atomic E-state index is 5.62. The van der Waals surface area contributed by atoms with Crippen LogP contribution in [0.2, 0.25) is 0 Å².